The molecule has 25 heavy (non-hydrogen) atoms. The summed E-state index contributed by atoms with van der Waals surface area (Å²) in [7, 11) is 0. The zero-order chi connectivity index (χ0) is 19.8. The maximum Gasteiger partial charge on any atom is 0.119 e. The van der Waals surface area contributed by atoms with Crippen LogP contribution in [0.1, 0.15) is 82.1 Å². The number of ketones is 1. The van der Waals surface area contributed by atoms with Crippen LogP contribution in [0.4, 0.5) is 0 Å². The van der Waals surface area contributed by atoms with Gasteiger partial charge >= 0.3 is 0 Å². The zero-order valence-electron chi connectivity index (χ0n) is 18.2. The standard InChI is InChI=1S/C12H22NO.2C4H10O.Y/c1-9-7-10(13-8-9)11(14)5-6-12(2,3)4;2*1-4(2,3)5;/h7,9-10,13H,5-6,8H2,1-4H3;2*5H,1-3H3;/q-1;;;. The van der Waals surface area contributed by atoms with E-state index in [0.717, 1.165) is 13.0 Å². The summed E-state index contributed by atoms with van der Waals surface area (Å²) in [5.74, 6) is 0.892. The van der Waals surface area contributed by atoms with Crippen molar-refractivity contribution >= 4 is 5.78 Å². The molecule has 2 atom stereocenters. The van der Waals surface area contributed by atoms with Gasteiger partial charge in [0.1, 0.15) is 5.78 Å². The van der Waals surface area contributed by atoms with Crippen molar-refractivity contribution in [3.05, 3.63) is 6.42 Å². The van der Waals surface area contributed by atoms with Crippen molar-refractivity contribution in [3.63, 3.8) is 0 Å². The van der Waals surface area contributed by atoms with E-state index in [4.69, 9.17) is 10.2 Å². The van der Waals surface area contributed by atoms with Crippen LogP contribution in [-0.4, -0.2) is 39.8 Å². The van der Waals surface area contributed by atoms with Gasteiger partial charge in [-0.1, -0.05) is 33.7 Å². The van der Waals surface area contributed by atoms with Gasteiger partial charge in [-0.25, -0.2) is 0 Å². The SMILES string of the molecule is CC(C)(C)O.CC(C)(C)O.CC1[CH-]C(C(=O)CCC(C)(C)C)NC1.[Y]. The summed E-state index contributed by atoms with van der Waals surface area (Å²) < 4.78 is 0. The Morgan fingerprint density at radius 1 is 1.00 bits per heavy atom. The van der Waals surface area contributed by atoms with Crippen molar-refractivity contribution in [1.29, 1.82) is 0 Å². The van der Waals surface area contributed by atoms with Crippen LogP contribution < -0.4 is 5.32 Å². The van der Waals surface area contributed by atoms with E-state index in [2.05, 4.69) is 39.4 Å². The van der Waals surface area contributed by atoms with Gasteiger partial charge in [-0.2, -0.15) is 5.92 Å². The Labute approximate surface area is 181 Å². The fourth-order valence-electron chi connectivity index (χ4n) is 1.65. The van der Waals surface area contributed by atoms with E-state index in [1.54, 1.807) is 41.5 Å². The number of carbonyl (C=O) groups is 1. The van der Waals surface area contributed by atoms with Gasteiger partial charge in [0.15, 0.2) is 0 Å². The fourth-order valence-corrected chi connectivity index (χ4v) is 1.65. The van der Waals surface area contributed by atoms with Crippen LogP contribution in [0.3, 0.4) is 0 Å². The largest absolute Gasteiger partial charge is 0.391 e. The number of carbonyl (C=O) groups excluding carboxylic acids is 1. The third-order valence-corrected chi connectivity index (χ3v) is 2.65. The summed E-state index contributed by atoms with van der Waals surface area (Å²) in [6.45, 7) is 20.1. The van der Waals surface area contributed by atoms with Crippen LogP contribution in [0, 0.1) is 17.8 Å². The second-order valence-corrected chi connectivity index (χ2v) is 9.92. The molecule has 1 fully saturated rings. The molecule has 149 valence electrons. The Morgan fingerprint density at radius 3 is 1.60 bits per heavy atom. The first-order valence-electron chi connectivity index (χ1n) is 8.94. The predicted molar refractivity (Wildman–Crippen MR) is 103 cm³/mol. The van der Waals surface area contributed by atoms with E-state index in [0.29, 0.717) is 18.1 Å². The molecule has 4 nitrogen and oxygen atoms in total. The topological polar surface area (TPSA) is 69.6 Å². The van der Waals surface area contributed by atoms with E-state index in [9.17, 15) is 4.79 Å². The molecule has 1 saturated heterocycles. The molecule has 0 aromatic heterocycles. The van der Waals surface area contributed by atoms with Crippen LogP contribution in [0.5, 0.6) is 0 Å². The molecule has 1 aliphatic heterocycles. The van der Waals surface area contributed by atoms with Crippen LogP contribution in [-0.2, 0) is 37.5 Å². The number of hydrogen-bond acceptors (Lipinski definition) is 4. The summed E-state index contributed by atoms with van der Waals surface area (Å²) in [5, 5.41) is 20.3. The minimum Gasteiger partial charge on any atom is -0.391 e. The molecule has 0 aromatic rings. The Morgan fingerprint density at radius 2 is 1.36 bits per heavy atom. The molecule has 1 aliphatic rings. The van der Waals surface area contributed by atoms with Gasteiger partial charge in [0.25, 0.3) is 0 Å². The molecule has 1 radical (unpaired) electrons. The van der Waals surface area contributed by atoms with Crippen molar-refractivity contribution < 1.29 is 47.7 Å². The van der Waals surface area contributed by atoms with E-state index in [-0.39, 0.29) is 44.2 Å². The van der Waals surface area contributed by atoms with E-state index in [1.165, 1.54) is 0 Å². The van der Waals surface area contributed by atoms with Gasteiger partial charge in [0.2, 0.25) is 0 Å². The molecule has 1 heterocycles. The predicted octanol–water partition coefficient (Wildman–Crippen LogP) is 3.75. The first-order chi connectivity index (χ1) is 10.4. The first-order valence-corrected chi connectivity index (χ1v) is 8.94. The van der Waals surface area contributed by atoms with Crippen molar-refractivity contribution in [3.8, 4) is 0 Å². The second kappa shape index (κ2) is 12.9. The summed E-state index contributed by atoms with van der Waals surface area (Å²) >= 11 is 0. The Hall–Kier alpha value is 0.654. The maximum atomic E-state index is 11.7. The van der Waals surface area contributed by atoms with Gasteiger partial charge in [-0.05, 0) is 59.9 Å². The second-order valence-electron chi connectivity index (χ2n) is 9.92. The van der Waals surface area contributed by atoms with Crippen molar-refractivity contribution in [1.82, 2.24) is 5.32 Å². The summed E-state index contributed by atoms with van der Waals surface area (Å²) in [6, 6.07) is 0.0207. The van der Waals surface area contributed by atoms with Crippen molar-refractivity contribution in [2.24, 2.45) is 11.3 Å². The van der Waals surface area contributed by atoms with Gasteiger partial charge in [-0.3, -0.25) is 0 Å². The summed E-state index contributed by atoms with van der Waals surface area (Å²) in [5.41, 5.74) is -0.736. The van der Waals surface area contributed by atoms with Gasteiger partial charge in [0, 0.05) is 39.1 Å². The molecular formula is C20H42NO3Y-. The van der Waals surface area contributed by atoms with E-state index < -0.39 is 11.2 Å². The van der Waals surface area contributed by atoms with E-state index in [1.807, 2.05) is 0 Å². The molecule has 0 aromatic carbocycles. The van der Waals surface area contributed by atoms with Gasteiger partial charge < -0.3 is 26.7 Å². The molecule has 2 unspecified atom stereocenters. The molecule has 0 saturated carbocycles. The van der Waals surface area contributed by atoms with Gasteiger partial charge in [0.05, 0.1) is 11.2 Å². The molecular weight excluding hydrogens is 391 g/mol. The van der Waals surface area contributed by atoms with Crippen LogP contribution in [0.15, 0.2) is 0 Å². The molecule has 0 spiro atoms. The maximum absolute atomic E-state index is 11.7. The molecule has 5 heteroatoms. The average molecular weight is 433 g/mol. The number of Topliss-reactive ketones (excluding diaryl/α,β-unsaturated/α-hetero) is 1. The number of nitrogens with one attached hydrogen (secondary N) is 1. The quantitative estimate of drug-likeness (QED) is 0.593. The molecule has 0 aliphatic carbocycles. The van der Waals surface area contributed by atoms with Crippen molar-refractivity contribution in [2.75, 3.05) is 6.54 Å². The molecule has 0 bridgehead atoms. The Bertz CT molecular complexity index is 327. The smallest absolute Gasteiger partial charge is 0.119 e. The average Bonchev–Trinajstić information content (AvgIpc) is 2.67. The number of aliphatic hydroxyl groups is 2. The van der Waals surface area contributed by atoms with Crippen LogP contribution >= 0.6 is 0 Å². The molecule has 0 amide bonds. The van der Waals surface area contributed by atoms with Gasteiger partial charge in [-0.15, -0.1) is 0 Å². The number of hydrogen-bond donors (Lipinski definition) is 3. The monoisotopic (exact) mass is 433 g/mol. The fraction of sp³-hybridized carbons (Fsp3) is 0.900. The van der Waals surface area contributed by atoms with Crippen LogP contribution in [0.25, 0.3) is 0 Å². The van der Waals surface area contributed by atoms with Crippen LogP contribution in [0.2, 0.25) is 0 Å². The Kier molecular flexibility index (Phi) is 15.7. The Balaban J connectivity index is -0.000000368. The minimum absolute atomic E-state index is 0. The minimum atomic E-state index is -0.500. The number of rotatable bonds is 3. The first kappa shape index (κ1) is 30.4. The third-order valence-electron chi connectivity index (χ3n) is 2.65. The summed E-state index contributed by atoms with van der Waals surface area (Å²) in [6.07, 6.45) is 3.81. The normalized spacial score (nSPS) is 20.5. The van der Waals surface area contributed by atoms with Crippen molar-refractivity contribution in [2.45, 2.75) is 99.3 Å². The third kappa shape index (κ3) is 32.8. The zero-order valence-corrected chi connectivity index (χ0v) is 21.1. The molecule has 3 N–H and O–H groups in total. The molecule has 1 rings (SSSR count). The summed E-state index contributed by atoms with van der Waals surface area (Å²) in [4.78, 5) is 11.7. The van der Waals surface area contributed by atoms with E-state index >= 15 is 0 Å².